The van der Waals surface area contributed by atoms with Crippen LogP contribution in [-0.4, -0.2) is 20.5 Å². The number of halogens is 1. The number of benzene rings is 2. The van der Waals surface area contributed by atoms with Gasteiger partial charge in [0.15, 0.2) is 5.78 Å². The number of carbonyl (C=O) groups is 1. The molecule has 0 unspecified atom stereocenters. The third kappa shape index (κ3) is 4.39. The van der Waals surface area contributed by atoms with Gasteiger partial charge in [-0.2, -0.15) is 5.10 Å². The summed E-state index contributed by atoms with van der Waals surface area (Å²) in [5.41, 5.74) is 3.35. The van der Waals surface area contributed by atoms with Gasteiger partial charge in [0.05, 0.1) is 22.1 Å². The molecule has 1 saturated carbocycles. The number of fused-ring (bicyclic) bond motifs is 1. The number of carbonyl (C=O) groups excluding carboxylic acids is 1. The minimum Gasteiger partial charge on any atom is -0.294 e. The molecule has 1 aliphatic carbocycles. The molecule has 31 heavy (non-hydrogen) atoms. The lowest BCUT2D eigenvalue weighted by atomic mass is 10.0. The number of pyridine rings is 1. The van der Waals surface area contributed by atoms with Crippen molar-refractivity contribution < 1.29 is 4.79 Å². The molecule has 0 aliphatic heterocycles. The van der Waals surface area contributed by atoms with E-state index >= 15 is 0 Å². The highest BCUT2D eigenvalue weighted by molar-refractivity contribution is 7.99. The van der Waals surface area contributed by atoms with E-state index in [1.54, 1.807) is 11.8 Å². The first-order valence-corrected chi connectivity index (χ1v) is 11.8. The Morgan fingerprint density at radius 2 is 1.94 bits per heavy atom. The van der Waals surface area contributed by atoms with Gasteiger partial charge in [-0.15, -0.1) is 0 Å². The van der Waals surface area contributed by atoms with Crippen LogP contribution in [0.5, 0.6) is 0 Å². The zero-order chi connectivity index (χ0) is 21.4. The Morgan fingerprint density at radius 1 is 1.13 bits per heavy atom. The lowest BCUT2D eigenvalue weighted by molar-refractivity contribution is 0.0982. The van der Waals surface area contributed by atoms with Crippen molar-refractivity contribution >= 4 is 40.0 Å². The van der Waals surface area contributed by atoms with Crippen LogP contribution in [0.1, 0.15) is 49.0 Å². The quantitative estimate of drug-likeness (QED) is 0.280. The van der Waals surface area contributed by atoms with Gasteiger partial charge in [0.2, 0.25) is 0 Å². The molecule has 6 heteroatoms. The number of hydrogen-bond donors (Lipinski definition) is 0. The molecule has 2 aromatic carbocycles. The minimum absolute atomic E-state index is 0.179. The normalized spacial score (nSPS) is 13.6. The molecule has 156 valence electrons. The molecule has 0 atom stereocenters. The van der Waals surface area contributed by atoms with Gasteiger partial charge in [0.25, 0.3) is 0 Å². The summed E-state index contributed by atoms with van der Waals surface area (Å²) < 4.78 is 2.08. The second-order valence-electron chi connectivity index (χ2n) is 7.89. The fourth-order valence-electron chi connectivity index (χ4n) is 3.59. The highest BCUT2D eigenvalue weighted by Crippen LogP contribution is 2.40. The van der Waals surface area contributed by atoms with E-state index in [4.69, 9.17) is 21.7 Å². The molecule has 0 spiro atoms. The van der Waals surface area contributed by atoms with Gasteiger partial charge in [0.1, 0.15) is 5.69 Å². The van der Waals surface area contributed by atoms with Gasteiger partial charge in [-0.05, 0) is 67.8 Å². The standard InChI is InChI=1S/C25H22ClN3OS/c1-2-3-23(30)17-5-12-21-16(14-17)4-13-22(27-21)25-24(15-29(28-25)19-8-9-19)31-20-10-6-18(26)7-11-20/h4-7,10-15,19H,2-3,8-9H2,1H3. The number of rotatable bonds is 7. The molecule has 0 bridgehead atoms. The highest BCUT2D eigenvalue weighted by atomic mass is 35.5. The molecule has 1 fully saturated rings. The van der Waals surface area contributed by atoms with Gasteiger partial charge in [0, 0.05) is 33.5 Å². The maximum atomic E-state index is 12.2. The molecule has 0 radical (unpaired) electrons. The average Bonchev–Trinajstić information content (AvgIpc) is 3.55. The molecule has 0 amide bonds. The van der Waals surface area contributed by atoms with Crippen molar-refractivity contribution in [2.24, 2.45) is 0 Å². The maximum Gasteiger partial charge on any atom is 0.162 e. The number of ketones is 1. The summed E-state index contributed by atoms with van der Waals surface area (Å²) in [4.78, 5) is 19.3. The van der Waals surface area contributed by atoms with Gasteiger partial charge in [-0.25, -0.2) is 4.98 Å². The second-order valence-corrected chi connectivity index (χ2v) is 9.44. The summed E-state index contributed by atoms with van der Waals surface area (Å²) in [6, 6.07) is 18.1. The number of aromatic nitrogens is 3. The van der Waals surface area contributed by atoms with Crippen LogP contribution in [0, 0.1) is 0 Å². The third-order valence-corrected chi connectivity index (χ3v) is 6.67. The molecule has 2 aromatic heterocycles. The first kappa shape index (κ1) is 20.3. The summed E-state index contributed by atoms with van der Waals surface area (Å²) >= 11 is 7.72. The largest absolute Gasteiger partial charge is 0.294 e. The smallest absolute Gasteiger partial charge is 0.162 e. The molecule has 1 aliphatic rings. The Labute approximate surface area is 190 Å². The van der Waals surface area contributed by atoms with Gasteiger partial charge >= 0.3 is 0 Å². The molecule has 4 nitrogen and oxygen atoms in total. The minimum atomic E-state index is 0.179. The lowest BCUT2D eigenvalue weighted by Gasteiger charge is -2.06. The Kier molecular flexibility index (Phi) is 5.55. The first-order chi connectivity index (χ1) is 15.1. The zero-order valence-corrected chi connectivity index (χ0v) is 18.8. The predicted octanol–water partition coefficient (Wildman–Crippen LogP) is 7.22. The molecule has 4 aromatic rings. The van der Waals surface area contributed by atoms with E-state index in [9.17, 15) is 4.79 Å². The van der Waals surface area contributed by atoms with Crippen LogP contribution in [0.15, 0.2) is 70.6 Å². The van der Waals surface area contributed by atoms with Crippen LogP contribution >= 0.6 is 23.4 Å². The molecule has 5 rings (SSSR count). The van der Waals surface area contributed by atoms with Gasteiger partial charge < -0.3 is 0 Å². The molecule has 0 N–H and O–H groups in total. The molecule has 2 heterocycles. The fraction of sp³-hybridized carbons (Fsp3) is 0.240. The van der Waals surface area contributed by atoms with E-state index in [2.05, 4.69) is 10.9 Å². The predicted molar refractivity (Wildman–Crippen MR) is 126 cm³/mol. The van der Waals surface area contributed by atoms with E-state index in [0.29, 0.717) is 12.5 Å². The summed E-state index contributed by atoms with van der Waals surface area (Å²) in [6.07, 6.45) is 5.90. The SMILES string of the molecule is CCCC(=O)c1ccc2nc(-c3nn(C4CC4)cc3Sc3ccc(Cl)cc3)ccc2c1. The Morgan fingerprint density at radius 3 is 2.68 bits per heavy atom. The lowest BCUT2D eigenvalue weighted by Crippen LogP contribution is -1.98. The van der Waals surface area contributed by atoms with Crippen molar-refractivity contribution in [3.63, 3.8) is 0 Å². The maximum absolute atomic E-state index is 12.2. The van der Waals surface area contributed by atoms with Crippen LogP contribution in [0.4, 0.5) is 0 Å². The van der Waals surface area contributed by atoms with E-state index < -0.39 is 0 Å². The summed E-state index contributed by atoms with van der Waals surface area (Å²) in [5.74, 6) is 0.179. The number of nitrogens with zero attached hydrogens (tertiary/aromatic N) is 3. The van der Waals surface area contributed by atoms with Crippen molar-refractivity contribution in [3.05, 3.63) is 71.4 Å². The molecular weight excluding hydrogens is 426 g/mol. The Hall–Kier alpha value is -2.63. The van der Waals surface area contributed by atoms with Crippen molar-refractivity contribution in [1.29, 1.82) is 0 Å². The van der Waals surface area contributed by atoms with E-state index in [-0.39, 0.29) is 5.78 Å². The second kappa shape index (κ2) is 8.48. The highest BCUT2D eigenvalue weighted by Gasteiger charge is 2.27. The van der Waals surface area contributed by atoms with Crippen LogP contribution < -0.4 is 0 Å². The Balaban J connectivity index is 1.51. The van der Waals surface area contributed by atoms with Gasteiger partial charge in [-0.1, -0.05) is 36.4 Å². The average molecular weight is 448 g/mol. The summed E-state index contributed by atoms with van der Waals surface area (Å²) in [5, 5.41) is 6.59. The first-order valence-electron chi connectivity index (χ1n) is 10.6. The van der Waals surface area contributed by atoms with Crippen molar-refractivity contribution in [3.8, 4) is 11.4 Å². The van der Waals surface area contributed by atoms with Crippen molar-refractivity contribution in [1.82, 2.24) is 14.8 Å². The van der Waals surface area contributed by atoms with Crippen LogP contribution in [0.2, 0.25) is 5.02 Å². The van der Waals surface area contributed by atoms with E-state index in [0.717, 1.165) is 49.1 Å². The van der Waals surface area contributed by atoms with Crippen LogP contribution in [0.25, 0.3) is 22.3 Å². The summed E-state index contributed by atoms with van der Waals surface area (Å²) in [7, 11) is 0. The number of hydrogen-bond acceptors (Lipinski definition) is 4. The topological polar surface area (TPSA) is 47.8 Å². The van der Waals surface area contributed by atoms with E-state index in [1.165, 1.54) is 12.8 Å². The van der Waals surface area contributed by atoms with E-state index in [1.807, 2.05) is 61.5 Å². The van der Waals surface area contributed by atoms with Crippen LogP contribution in [-0.2, 0) is 0 Å². The third-order valence-electron chi connectivity index (χ3n) is 5.39. The summed E-state index contributed by atoms with van der Waals surface area (Å²) in [6.45, 7) is 2.02. The van der Waals surface area contributed by atoms with Crippen molar-refractivity contribution in [2.75, 3.05) is 0 Å². The molecule has 0 saturated heterocycles. The van der Waals surface area contributed by atoms with Crippen LogP contribution in [0.3, 0.4) is 0 Å². The van der Waals surface area contributed by atoms with Gasteiger partial charge in [-0.3, -0.25) is 9.48 Å². The zero-order valence-electron chi connectivity index (χ0n) is 17.2. The molecular formula is C25H22ClN3OS. The Bertz CT molecular complexity index is 1260. The van der Waals surface area contributed by atoms with Crippen molar-refractivity contribution in [2.45, 2.75) is 48.4 Å². The fourth-order valence-corrected chi connectivity index (χ4v) is 4.64. The number of Topliss-reactive ketones (excluding diaryl/α,β-unsaturated/α-hetero) is 1. The monoisotopic (exact) mass is 447 g/mol.